The molecule has 12 heteroatoms. The second-order valence-corrected chi connectivity index (χ2v) is 11.1. The van der Waals surface area contributed by atoms with Crippen molar-refractivity contribution < 1.29 is 22.6 Å². The zero-order valence-electron chi connectivity index (χ0n) is 21.3. The van der Waals surface area contributed by atoms with Gasteiger partial charge in [-0.25, -0.2) is 19.0 Å². The average Bonchev–Trinajstić information content (AvgIpc) is 3.51. The van der Waals surface area contributed by atoms with Crippen LogP contribution in [0.1, 0.15) is 5.56 Å². The van der Waals surface area contributed by atoms with Crippen molar-refractivity contribution in [1.29, 1.82) is 5.26 Å². The molecule has 0 amide bonds. The van der Waals surface area contributed by atoms with Crippen LogP contribution in [-0.2, 0) is 6.54 Å². The molecule has 2 aliphatic heterocycles. The number of ether oxygens (including phenoxy) is 2. The Balaban J connectivity index is 1.45. The normalized spacial score (nSPS) is 18.2. The van der Waals surface area contributed by atoms with Gasteiger partial charge < -0.3 is 14.4 Å². The van der Waals surface area contributed by atoms with E-state index in [-0.39, 0.29) is 29.0 Å². The number of anilines is 2. The fourth-order valence-electron chi connectivity index (χ4n) is 5.43. The third-order valence-electron chi connectivity index (χ3n) is 7.34. The number of benzene rings is 2. The predicted octanol–water partition coefficient (Wildman–Crippen LogP) is 6.51. The molecule has 6 nitrogen and oxygen atoms in total. The van der Waals surface area contributed by atoms with Gasteiger partial charge in [-0.3, -0.25) is 4.31 Å². The van der Waals surface area contributed by atoms with Crippen LogP contribution in [0, 0.1) is 40.6 Å². The fourth-order valence-corrected chi connectivity index (χ4v) is 6.70. The highest BCUT2D eigenvalue weighted by Gasteiger charge is 2.43. The molecule has 0 saturated carbocycles. The van der Waals surface area contributed by atoms with Gasteiger partial charge >= 0.3 is 0 Å². The van der Waals surface area contributed by atoms with Crippen molar-refractivity contribution in [2.24, 2.45) is 11.8 Å². The van der Waals surface area contributed by atoms with Gasteiger partial charge in [0.05, 0.1) is 26.5 Å². The maximum absolute atomic E-state index is 15.7. The summed E-state index contributed by atoms with van der Waals surface area (Å²) in [5.74, 6) is 1.76. The fraction of sp³-hybridized carbons (Fsp3) is 0.333. The SMILES string of the molecule is COc1ccc(CN(Sc2c(F)cc(N3CC4CB(C#N)CC4C3)c(Cl)c2F)c2cccc(F)n2)c(OC)c1. The van der Waals surface area contributed by atoms with Crippen LogP contribution in [0.3, 0.4) is 0 Å². The summed E-state index contributed by atoms with van der Waals surface area (Å²) < 4.78 is 57.5. The lowest BCUT2D eigenvalue weighted by atomic mass is 9.49. The lowest BCUT2D eigenvalue weighted by molar-refractivity contribution is 0.391. The average molecular weight is 573 g/mol. The summed E-state index contributed by atoms with van der Waals surface area (Å²) in [6, 6.07) is 10.6. The molecule has 3 aromatic rings. The van der Waals surface area contributed by atoms with E-state index in [1.807, 2.05) is 4.90 Å². The molecule has 1 aromatic heterocycles. The van der Waals surface area contributed by atoms with Gasteiger partial charge in [0.2, 0.25) is 5.95 Å². The van der Waals surface area contributed by atoms with Crippen molar-refractivity contribution >= 4 is 41.8 Å². The Bertz CT molecular complexity index is 1410. The number of pyridine rings is 1. The van der Waals surface area contributed by atoms with Gasteiger partial charge in [0, 0.05) is 36.8 Å². The highest BCUT2D eigenvalue weighted by Crippen LogP contribution is 2.45. The van der Waals surface area contributed by atoms with E-state index in [9.17, 15) is 9.65 Å². The lowest BCUT2D eigenvalue weighted by Gasteiger charge is -2.26. The molecule has 3 heterocycles. The monoisotopic (exact) mass is 572 g/mol. The summed E-state index contributed by atoms with van der Waals surface area (Å²) in [5.41, 5.74) is 0.964. The number of fused-ring (bicyclic) bond motifs is 1. The summed E-state index contributed by atoms with van der Waals surface area (Å²) in [6.45, 7) is 1.33. The Kier molecular flexibility index (Phi) is 8.05. The molecule has 2 atom stereocenters. The predicted molar refractivity (Wildman–Crippen MR) is 147 cm³/mol. The third kappa shape index (κ3) is 5.59. The van der Waals surface area contributed by atoms with E-state index >= 15 is 8.78 Å². The van der Waals surface area contributed by atoms with E-state index < -0.39 is 17.6 Å². The molecule has 202 valence electrons. The standard InChI is InChI=1S/C27H25BClF3N4O2S/c1-37-19-7-6-16(22(8-19)38-2)14-36(24-5-3-4-23(31)34-24)39-27-20(30)9-21(25(29)26(27)32)35-12-17-10-28(15-33)11-18(17)13-35/h3-9,17-18H,10-14H2,1-2H3. The van der Waals surface area contributed by atoms with Crippen LogP contribution in [0.2, 0.25) is 17.7 Å². The second kappa shape index (κ2) is 11.5. The molecular formula is C27H25BClF3N4O2S. The minimum atomic E-state index is -0.897. The quantitative estimate of drug-likeness (QED) is 0.132. The van der Waals surface area contributed by atoms with E-state index in [2.05, 4.69) is 11.0 Å². The van der Waals surface area contributed by atoms with Gasteiger partial charge in [0.25, 0.3) is 6.71 Å². The Morgan fingerprint density at radius 3 is 2.51 bits per heavy atom. The molecule has 0 N–H and O–H groups in total. The molecule has 5 rings (SSSR count). The molecular weight excluding hydrogens is 548 g/mol. The first-order chi connectivity index (χ1) is 18.8. The topological polar surface area (TPSA) is 61.6 Å². The first-order valence-corrected chi connectivity index (χ1v) is 13.6. The number of nitrogens with zero attached hydrogens (tertiary/aromatic N) is 4. The van der Waals surface area contributed by atoms with Gasteiger partial charge in [-0.15, -0.1) is 0 Å². The number of methoxy groups -OCH3 is 2. The van der Waals surface area contributed by atoms with Gasteiger partial charge in [0.1, 0.15) is 33.1 Å². The Hall–Kier alpha value is -3.23. The molecule has 2 aromatic carbocycles. The van der Waals surface area contributed by atoms with Crippen LogP contribution in [0.25, 0.3) is 0 Å². The van der Waals surface area contributed by atoms with E-state index in [1.54, 1.807) is 24.3 Å². The zero-order valence-corrected chi connectivity index (χ0v) is 22.9. The van der Waals surface area contributed by atoms with Crippen molar-refractivity contribution in [3.63, 3.8) is 0 Å². The van der Waals surface area contributed by atoms with E-state index in [0.717, 1.165) is 24.6 Å². The van der Waals surface area contributed by atoms with Crippen molar-refractivity contribution in [1.82, 2.24) is 4.98 Å². The van der Waals surface area contributed by atoms with Crippen LogP contribution in [-0.4, -0.2) is 39.0 Å². The maximum Gasteiger partial charge on any atom is 0.268 e. The van der Waals surface area contributed by atoms with Crippen LogP contribution in [0.5, 0.6) is 11.5 Å². The first-order valence-electron chi connectivity index (χ1n) is 12.4. The maximum atomic E-state index is 15.7. The highest BCUT2D eigenvalue weighted by atomic mass is 35.5. The van der Waals surface area contributed by atoms with Crippen LogP contribution in [0.15, 0.2) is 47.4 Å². The summed E-state index contributed by atoms with van der Waals surface area (Å²) >= 11 is 7.22. The van der Waals surface area contributed by atoms with Crippen molar-refractivity contribution in [2.45, 2.75) is 24.1 Å². The number of aromatic nitrogens is 1. The number of hydrogen-bond donors (Lipinski definition) is 0. The molecule has 0 bridgehead atoms. The Morgan fingerprint density at radius 2 is 1.87 bits per heavy atom. The number of hydrogen-bond acceptors (Lipinski definition) is 7. The molecule has 2 unspecified atom stereocenters. The summed E-state index contributed by atoms with van der Waals surface area (Å²) in [6.07, 6.45) is 1.58. The van der Waals surface area contributed by atoms with Crippen LogP contribution >= 0.6 is 23.5 Å². The summed E-state index contributed by atoms with van der Waals surface area (Å²) in [5, 5.41) is 9.06. The van der Waals surface area contributed by atoms with E-state index in [1.165, 1.54) is 36.7 Å². The number of nitriles is 1. The van der Waals surface area contributed by atoms with Gasteiger partial charge in [-0.05, 0) is 48.0 Å². The molecule has 2 fully saturated rings. The van der Waals surface area contributed by atoms with Gasteiger partial charge in [-0.1, -0.05) is 30.3 Å². The molecule has 0 radical (unpaired) electrons. The molecule has 2 aliphatic rings. The van der Waals surface area contributed by atoms with Gasteiger partial charge in [0.15, 0.2) is 5.82 Å². The third-order valence-corrected chi connectivity index (χ3v) is 8.79. The molecule has 0 spiro atoms. The van der Waals surface area contributed by atoms with E-state index in [4.69, 9.17) is 21.1 Å². The minimum absolute atomic E-state index is 0.0385. The minimum Gasteiger partial charge on any atom is -0.497 e. The Labute approximate surface area is 234 Å². The molecule has 39 heavy (non-hydrogen) atoms. The molecule has 2 saturated heterocycles. The van der Waals surface area contributed by atoms with E-state index in [0.29, 0.717) is 47.7 Å². The molecule has 0 aliphatic carbocycles. The number of rotatable bonds is 8. The van der Waals surface area contributed by atoms with Crippen molar-refractivity contribution in [2.75, 3.05) is 36.5 Å². The lowest BCUT2D eigenvalue weighted by Crippen LogP contribution is -2.24. The van der Waals surface area contributed by atoms with Gasteiger partial charge in [-0.2, -0.15) is 4.39 Å². The smallest absolute Gasteiger partial charge is 0.268 e. The second-order valence-electron chi connectivity index (χ2n) is 9.68. The van der Waals surface area contributed by atoms with Crippen molar-refractivity contribution in [3.8, 4) is 17.5 Å². The highest BCUT2D eigenvalue weighted by molar-refractivity contribution is 8.00. The summed E-state index contributed by atoms with van der Waals surface area (Å²) in [7, 11) is 3.03. The summed E-state index contributed by atoms with van der Waals surface area (Å²) in [4.78, 5) is 5.50. The first kappa shape index (κ1) is 27.3. The number of halogens is 4. The van der Waals surface area contributed by atoms with Crippen LogP contribution < -0.4 is 18.7 Å². The Morgan fingerprint density at radius 1 is 1.13 bits per heavy atom. The zero-order chi connectivity index (χ0) is 27.7. The van der Waals surface area contributed by atoms with Crippen LogP contribution in [0.4, 0.5) is 24.7 Å². The van der Waals surface area contributed by atoms with Crippen molar-refractivity contribution in [3.05, 3.63) is 70.6 Å². The largest absolute Gasteiger partial charge is 0.497 e.